The molecule has 0 bridgehead atoms. The van der Waals surface area contributed by atoms with Crippen LogP contribution in [-0.2, 0) is 19.1 Å². The predicted octanol–water partition coefficient (Wildman–Crippen LogP) is 0.0688. The molecule has 0 aliphatic heterocycles. The van der Waals surface area contributed by atoms with Gasteiger partial charge in [0.1, 0.15) is 0 Å². The molecule has 6 nitrogen and oxygen atoms in total. The van der Waals surface area contributed by atoms with Crippen LogP contribution in [0.3, 0.4) is 0 Å². The molecule has 0 aromatic heterocycles. The number of rotatable bonds is 9. The summed E-state index contributed by atoms with van der Waals surface area (Å²) in [5.41, 5.74) is 0. The van der Waals surface area contributed by atoms with Crippen LogP contribution in [0, 0.1) is 0 Å². The number of nitrogens with one attached hydrogen (secondary N) is 2. The SMILES string of the molecule is CCOC(=O)CC(C)NC(C)C(=O)NCCOC. The number of ether oxygens (including phenoxy) is 2. The summed E-state index contributed by atoms with van der Waals surface area (Å²) in [5, 5.41) is 5.77. The fourth-order valence-corrected chi connectivity index (χ4v) is 1.46. The Morgan fingerprint density at radius 3 is 2.50 bits per heavy atom. The Morgan fingerprint density at radius 1 is 1.28 bits per heavy atom. The molecule has 2 N–H and O–H groups in total. The van der Waals surface area contributed by atoms with Crippen molar-refractivity contribution >= 4 is 11.9 Å². The molecule has 106 valence electrons. The minimum atomic E-state index is -0.355. The van der Waals surface area contributed by atoms with Crippen LogP contribution in [-0.4, -0.2) is 50.8 Å². The molecule has 0 aromatic rings. The van der Waals surface area contributed by atoms with E-state index in [-0.39, 0.29) is 30.4 Å². The Morgan fingerprint density at radius 2 is 1.94 bits per heavy atom. The normalized spacial score (nSPS) is 13.8. The molecule has 2 atom stereocenters. The topological polar surface area (TPSA) is 76.7 Å². The van der Waals surface area contributed by atoms with E-state index < -0.39 is 0 Å². The van der Waals surface area contributed by atoms with E-state index in [0.717, 1.165) is 0 Å². The van der Waals surface area contributed by atoms with Crippen molar-refractivity contribution in [3.63, 3.8) is 0 Å². The lowest BCUT2D eigenvalue weighted by Gasteiger charge is -2.18. The van der Waals surface area contributed by atoms with Crippen LogP contribution in [0.4, 0.5) is 0 Å². The van der Waals surface area contributed by atoms with Gasteiger partial charge in [0, 0.05) is 19.7 Å². The molecule has 0 heterocycles. The van der Waals surface area contributed by atoms with Gasteiger partial charge in [-0.3, -0.25) is 9.59 Å². The highest BCUT2D eigenvalue weighted by molar-refractivity contribution is 5.81. The highest BCUT2D eigenvalue weighted by atomic mass is 16.5. The van der Waals surface area contributed by atoms with Gasteiger partial charge in [0.05, 0.1) is 25.7 Å². The lowest BCUT2D eigenvalue weighted by molar-refractivity contribution is -0.143. The zero-order valence-electron chi connectivity index (χ0n) is 11.6. The van der Waals surface area contributed by atoms with Gasteiger partial charge in [0.25, 0.3) is 0 Å². The van der Waals surface area contributed by atoms with Crippen LogP contribution < -0.4 is 10.6 Å². The maximum Gasteiger partial charge on any atom is 0.307 e. The van der Waals surface area contributed by atoms with Crippen molar-refractivity contribution < 1.29 is 19.1 Å². The Hall–Kier alpha value is -1.14. The molecule has 6 heteroatoms. The summed E-state index contributed by atoms with van der Waals surface area (Å²) < 4.78 is 9.67. The van der Waals surface area contributed by atoms with Gasteiger partial charge in [-0.05, 0) is 20.8 Å². The fraction of sp³-hybridized carbons (Fsp3) is 0.833. The highest BCUT2D eigenvalue weighted by Gasteiger charge is 2.17. The Kier molecular flexibility index (Phi) is 9.22. The first-order valence-electron chi connectivity index (χ1n) is 6.19. The van der Waals surface area contributed by atoms with E-state index in [1.807, 2.05) is 6.92 Å². The van der Waals surface area contributed by atoms with Gasteiger partial charge in [-0.2, -0.15) is 0 Å². The highest BCUT2D eigenvalue weighted by Crippen LogP contribution is 1.96. The van der Waals surface area contributed by atoms with Crippen LogP contribution in [0.25, 0.3) is 0 Å². The molecule has 18 heavy (non-hydrogen) atoms. The summed E-state index contributed by atoms with van der Waals surface area (Å²) in [6, 6.07) is -0.460. The van der Waals surface area contributed by atoms with Crippen LogP contribution in [0.5, 0.6) is 0 Å². The molecule has 0 aromatic carbocycles. The van der Waals surface area contributed by atoms with Crippen LogP contribution >= 0.6 is 0 Å². The molecule has 0 radical (unpaired) electrons. The summed E-state index contributed by atoms with van der Waals surface area (Å²) in [6.45, 7) is 6.70. The van der Waals surface area contributed by atoms with Gasteiger partial charge in [-0.1, -0.05) is 0 Å². The third-order valence-corrected chi connectivity index (χ3v) is 2.31. The van der Waals surface area contributed by atoms with Crippen molar-refractivity contribution in [3.05, 3.63) is 0 Å². The van der Waals surface area contributed by atoms with Gasteiger partial charge in [-0.25, -0.2) is 0 Å². The van der Waals surface area contributed by atoms with E-state index in [4.69, 9.17) is 9.47 Å². The molecule has 1 amide bonds. The molecule has 0 spiro atoms. The van der Waals surface area contributed by atoms with Crippen LogP contribution in [0.2, 0.25) is 0 Å². The number of carbonyl (C=O) groups is 2. The van der Waals surface area contributed by atoms with Crippen molar-refractivity contribution in [1.29, 1.82) is 0 Å². The standard InChI is InChI=1S/C12H24N2O4/c1-5-18-11(15)8-9(2)14-10(3)12(16)13-6-7-17-4/h9-10,14H,5-8H2,1-4H3,(H,13,16). The Bertz CT molecular complexity index is 258. The molecule has 0 aliphatic carbocycles. The summed E-state index contributed by atoms with van der Waals surface area (Å²) in [4.78, 5) is 22.9. The molecular formula is C12H24N2O4. The summed E-state index contributed by atoms with van der Waals surface area (Å²) in [6.07, 6.45) is 0.254. The zero-order valence-corrected chi connectivity index (χ0v) is 11.6. The van der Waals surface area contributed by atoms with Gasteiger partial charge in [0.2, 0.25) is 5.91 Å². The quantitative estimate of drug-likeness (QED) is 0.453. The van der Waals surface area contributed by atoms with Crippen molar-refractivity contribution in [2.75, 3.05) is 26.9 Å². The Labute approximate surface area is 108 Å². The van der Waals surface area contributed by atoms with Gasteiger partial charge in [-0.15, -0.1) is 0 Å². The van der Waals surface area contributed by atoms with Gasteiger partial charge >= 0.3 is 5.97 Å². The fourth-order valence-electron chi connectivity index (χ4n) is 1.46. The van der Waals surface area contributed by atoms with E-state index >= 15 is 0 Å². The smallest absolute Gasteiger partial charge is 0.307 e. The molecular weight excluding hydrogens is 236 g/mol. The van der Waals surface area contributed by atoms with Gasteiger partial charge < -0.3 is 20.1 Å². The second-order valence-corrected chi connectivity index (χ2v) is 4.08. The van der Waals surface area contributed by atoms with Crippen molar-refractivity contribution in [2.24, 2.45) is 0 Å². The average molecular weight is 260 g/mol. The van der Waals surface area contributed by atoms with E-state index in [0.29, 0.717) is 19.8 Å². The first-order chi connectivity index (χ1) is 8.51. The predicted molar refractivity (Wildman–Crippen MR) is 68.2 cm³/mol. The van der Waals surface area contributed by atoms with E-state index in [1.54, 1.807) is 21.0 Å². The largest absolute Gasteiger partial charge is 0.466 e. The number of amides is 1. The number of hydrogen-bond donors (Lipinski definition) is 2. The molecule has 0 fully saturated rings. The van der Waals surface area contributed by atoms with Crippen LogP contribution in [0.15, 0.2) is 0 Å². The maximum absolute atomic E-state index is 11.6. The average Bonchev–Trinajstić information content (AvgIpc) is 2.28. The van der Waals surface area contributed by atoms with Gasteiger partial charge in [0.15, 0.2) is 0 Å². The number of carbonyl (C=O) groups excluding carboxylic acids is 2. The zero-order chi connectivity index (χ0) is 14.0. The lowest BCUT2D eigenvalue weighted by atomic mass is 10.2. The van der Waals surface area contributed by atoms with E-state index in [2.05, 4.69) is 10.6 Å². The first-order valence-corrected chi connectivity index (χ1v) is 6.19. The minimum Gasteiger partial charge on any atom is -0.466 e. The maximum atomic E-state index is 11.6. The van der Waals surface area contributed by atoms with Crippen LogP contribution in [0.1, 0.15) is 27.2 Å². The van der Waals surface area contributed by atoms with Crippen molar-refractivity contribution in [2.45, 2.75) is 39.3 Å². The molecule has 0 rings (SSSR count). The van der Waals surface area contributed by atoms with E-state index in [9.17, 15) is 9.59 Å². The second kappa shape index (κ2) is 9.85. The van der Waals surface area contributed by atoms with Crippen molar-refractivity contribution in [1.82, 2.24) is 10.6 Å². The number of hydrogen-bond acceptors (Lipinski definition) is 5. The molecule has 2 unspecified atom stereocenters. The first kappa shape index (κ1) is 16.9. The summed E-state index contributed by atoms with van der Waals surface area (Å²) in [7, 11) is 1.58. The molecule has 0 saturated carbocycles. The summed E-state index contributed by atoms with van der Waals surface area (Å²) in [5.74, 6) is -0.368. The monoisotopic (exact) mass is 260 g/mol. The molecule has 0 saturated heterocycles. The summed E-state index contributed by atoms with van der Waals surface area (Å²) >= 11 is 0. The second-order valence-electron chi connectivity index (χ2n) is 4.08. The number of esters is 1. The van der Waals surface area contributed by atoms with E-state index in [1.165, 1.54) is 0 Å². The number of methoxy groups -OCH3 is 1. The lowest BCUT2D eigenvalue weighted by Crippen LogP contribution is -2.47. The third kappa shape index (κ3) is 8.03. The third-order valence-electron chi connectivity index (χ3n) is 2.31. The molecule has 0 aliphatic rings. The van der Waals surface area contributed by atoms with Crippen molar-refractivity contribution in [3.8, 4) is 0 Å². The Balaban J connectivity index is 3.87. The minimum absolute atomic E-state index is 0.104.